The van der Waals surface area contributed by atoms with Gasteiger partial charge in [-0.2, -0.15) is 0 Å². The Morgan fingerprint density at radius 1 is 1.57 bits per heavy atom. The van der Waals surface area contributed by atoms with Gasteiger partial charge in [-0.05, 0) is 31.9 Å². The molecule has 1 aliphatic heterocycles. The molecule has 0 spiro atoms. The van der Waals surface area contributed by atoms with E-state index >= 15 is 0 Å². The second kappa shape index (κ2) is 6.51. The molecule has 0 bridgehead atoms. The van der Waals surface area contributed by atoms with Crippen LogP contribution >= 0.6 is 0 Å². The standard InChI is InChI=1S/C13H17N3O5/c1-8-6-9(2-4-11(8)16(18)19)20-7-10-3-5-12(21-10)13(17)15-14/h2,4,6,10,12H,3,5,7,14H2,1H3,(H,15,17). The van der Waals surface area contributed by atoms with Gasteiger partial charge in [-0.1, -0.05) is 0 Å². The number of hydrogen-bond acceptors (Lipinski definition) is 6. The lowest BCUT2D eigenvalue weighted by Gasteiger charge is -2.14. The van der Waals surface area contributed by atoms with E-state index in [0.717, 1.165) is 0 Å². The highest BCUT2D eigenvalue weighted by atomic mass is 16.6. The number of carbonyl (C=O) groups excluding carboxylic acids is 1. The van der Waals surface area contributed by atoms with E-state index in [1.54, 1.807) is 19.1 Å². The van der Waals surface area contributed by atoms with E-state index in [-0.39, 0.29) is 24.3 Å². The first-order chi connectivity index (χ1) is 10.0. The molecule has 2 rings (SSSR count). The highest BCUT2D eigenvalue weighted by Gasteiger charge is 2.30. The summed E-state index contributed by atoms with van der Waals surface area (Å²) < 4.78 is 11.1. The zero-order valence-corrected chi connectivity index (χ0v) is 11.6. The van der Waals surface area contributed by atoms with Gasteiger partial charge in [0.25, 0.3) is 11.6 Å². The SMILES string of the molecule is Cc1cc(OCC2CCC(C(=O)NN)O2)ccc1[N+](=O)[O-]. The molecular weight excluding hydrogens is 278 g/mol. The number of hydrazine groups is 1. The van der Waals surface area contributed by atoms with Gasteiger partial charge >= 0.3 is 0 Å². The largest absolute Gasteiger partial charge is 0.491 e. The van der Waals surface area contributed by atoms with Crippen LogP contribution in [0.25, 0.3) is 0 Å². The fourth-order valence-corrected chi connectivity index (χ4v) is 2.23. The highest BCUT2D eigenvalue weighted by Crippen LogP contribution is 2.25. The first-order valence-electron chi connectivity index (χ1n) is 6.55. The summed E-state index contributed by atoms with van der Waals surface area (Å²) in [5.74, 6) is 5.24. The molecule has 1 saturated heterocycles. The summed E-state index contributed by atoms with van der Waals surface area (Å²) in [5.41, 5.74) is 2.64. The number of nitro groups is 1. The maximum atomic E-state index is 11.3. The average Bonchev–Trinajstić information content (AvgIpc) is 2.92. The second-order valence-corrected chi connectivity index (χ2v) is 4.85. The van der Waals surface area contributed by atoms with Crippen LogP contribution in [0.4, 0.5) is 5.69 Å². The molecule has 1 aliphatic rings. The molecule has 114 valence electrons. The summed E-state index contributed by atoms with van der Waals surface area (Å²) in [7, 11) is 0. The van der Waals surface area contributed by atoms with Crippen molar-refractivity contribution in [2.24, 2.45) is 5.84 Å². The van der Waals surface area contributed by atoms with E-state index in [1.807, 2.05) is 0 Å². The van der Waals surface area contributed by atoms with Crippen molar-refractivity contribution >= 4 is 11.6 Å². The lowest BCUT2D eigenvalue weighted by atomic mass is 10.2. The number of nitro benzene ring substituents is 1. The molecule has 21 heavy (non-hydrogen) atoms. The highest BCUT2D eigenvalue weighted by molar-refractivity contribution is 5.80. The van der Waals surface area contributed by atoms with Crippen LogP contribution in [0.3, 0.4) is 0 Å². The third kappa shape index (κ3) is 3.67. The van der Waals surface area contributed by atoms with E-state index in [1.165, 1.54) is 6.07 Å². The minimum absolute atomic E-state index is 0.0548. The van der Waals surface area contributed by atoms with Gasteiger partial charge in [0.1, 0.15) is 18.5 Å². The number of hydrogen-bond donors (Lipinski definition) is 2. The molecule has 1 heterocycles. The normalized spacial score (nSPS) is 21.0. The Labute approximate surface area is 121 Å². The Kier molecular flexibility index (Phi) is 4.71. The lowest BCUT2D eigenvalue weighted by molar-refractivity contribution is -0.385. The monoisotopic (exact) mass is 295 g/mol. The Morgan fingerprint density at radius 2 is 2.33 bits per heavy atom. The zero-order chi connectivity index (χ0) is 15.4. The molecule has 0 saturated carbocycles. The van der Waals surface area contributed by atoms with Crippen molar-refractivity contribution in [2.45, 2.75) is 32.0 Å². The first kappa shape index (κ1) is 15.2. The summed E-state index contributed by atoms with van der Waals surface area (Å²) in [6, 6.07) is 4.56. The minimum Gasteiger partial charge on any atom is -0.491 e. The van der Waals surface area contributed by atoms with Gasteiger partial charge in [-0.3, -0.25) is 20.3 Å². The van der Waals surface area contributed by atoms with Crippen molar-refractivity contribution in [3.8, 4) is 5.75 Å². The van der Waals surface area contributed by atoms with Crippen LogP contribution in [-0.2, 0) is 9.53 Å². The number of nitrogens with two attached hydrogens (primary N) is 1. The van der Waals surface area contributed by atoms with E-state index < -0.39 is 11.0 Å². The van der Waals surface area contributed by atoms with Crippen LogP contribution in [-0.4, -0.2) is 29.6 Å². The Hall–Kier alpha value is -2.19. The smallest absolute Gasteiger partial charge is 0.272 e. The summed E-state index contributed by atoms with van der Waals surface area (Å²) in [6.07, 6.45) is 0.561. The molecule has 0 aromatic heterocycles. The summed E-state index contributed by atoms with van der Waals surface area (Å²) >= 11 is 0. The van der Waals surface area contributed by atoms with Crippen LogP contribution < -0.4 is 16.0 Å². The van der Waals surface area contributed by atoms with E-state index in [9.17, 15) is 14.9 Å². The zero-order valence-electron chi connectivity index (χ0n) is 11.6. The number of aryl methyl sites for hydroxylation is 1. The number of nitrogens with zero attached hydrogens (tertiary/aromatic N) is 1. The third-order valence-corrected chi connectivity index (χ3v) is 3.34. The van der Waals surface area contributed by atoms with Gasteiger partial charge in [0.15, 0.2) is 0 Å². The van der Waals surface area contributed by atoms with Crippen LogP contribution in [0.1, 0.15) is 18.4 Å². The molecule has 8 heteroatoms. The number of ether oxygens (including phenoxy) is 2. The predicted molar refractivity (Wildman–Crippen MR) is 73.6 cm³/mol. The average molecular weight is 295 g/mol. The van der Waals surface area contributed by atoms with E-state index in [4.69, 9.17) is 15.3 Å². The topological polar surface area (TPSA) is 117 Å². The van der Waals surface area contributed by atoms with Crippen molar-refractivity contribution in [1.29, 1.82) is 0 Å². The number of nitrogens with one attached hydrogen (secondary N) is 1. The molecule has 8 nitrogen and oxygen atoms in total. The van der Waals surface area contributed by atoms with Gasteiger partial charge in [0.05, 0.1) is 11.0 Å². The Balaban J connectivity index is 1.88. The lowest BCUT2D eigenvalue weighted by Crippen LogP contribution is -2.39. The number of amides is 1. The van der Waals surface area contributed by atoms with Crippen LogP contribution in [0, 0.1) is 17.0 Å². The minimum atomic E-state index is -0.540. The summed E-state index contributed by atoms with van der Waals surface area (Å²) in [6.45, 7) is 1.93. The molecule has 1 amide bonds. The van der Waals surface area contributed by atoms with Crippen molar-refractivity contribution in [2.75, 3.05) is 6.61 Å². The predicted octanol–water partition coefficient (Wildman–Crippen LogP) is 0.820. The summed E-state index contributed by atoms with van der Waals surface area (Å²) in [4.78, 5) is 21.6. The van der Waals surface area contributed by atoms with Crippen molar-refractivity contribution in [3.05, 3.63) is 33.9 Å². The third-order valence-electron chi connectivity index (χ3n) is 3.34. The molecule has 2 atom stereocenters. The molecule has 0 radical (unpaired) electrons. The van der Waals surface area contributed by atoms with E-state index in [2.05, 4.69) is 5.43 Å². The molecule has 1 aromatic rings. The van der Waals surface area contributed by atoms with Gasteiger partial charge in [0, 0.05) is 11.6 Å². The van der Waals surface area contributed by atoms with Crippen molar-refractivity contribution < 1.29 is 19.2 Å². The number of carbonyl (C=O) groups is 1. The first-order valence-corrected chi connectivity index (χ1v) is 6.55. The quantitative estimate of drug-likeness (QED) is 0.359. The van der Waals surface area contributed by atoms with Crippen LogP contribution in [0.5, 0.6) is 5.75 Å². The molecule has 2 unspecified atom stereocenters. The van der Waals surface area contributed by atoms with Crippen LogP contribution in [0.2, 0.25) is 0 Å². The number of rotatable bonds is 5. The van der Waals surface area contributed by atoms with Gasteiger partial charge in [-0.15, -0.1) is 0 Å². The fourth-order valence-electron chi connectivity index (χ4n) is 2.23. The van der Waals surface area contributed by atoms with Gasteiger partial charge < -0.3 is 9.47 Å². The maximum absolute atomic E-state index is 11.3. The summed E-state index contributed by atoms with van der Waals surface area (Å²) in [5, 5.41) is 10.7. The number of benzene rings is 1. The Morgan fingerprint density at radius 3 is 2.95 bits per heavy atom. The second-order valence-electron chi connectivity index (χ2n) is 4.85. The van der Waals surface area contributed by atoms with Crippen molar-refractivity contribution in [1.82, 2.24) is 5.43 Å². The van der Waals surface area contributed by atoms with Crippen molar-refractivity contribution in [3.63, 3.8) is 0 Å². The molecule has 1 fully saturated rings. The molecule has 3 N–H and O–H groups in total. The van der Waals surface area contributed by atoms with Crippen LogP contribution in [0.15, 0.2) is 18.2 Å². The fraction of sp³-hybridized carbons (Fsp3) is 0.462. The van der Waals surface area contributed by atoms with Gasteiger partial charge in [0.2, 0.25) is 0 Å². The molecule has 1 aromatic carbocycles. The van der Waals surface area contributed by atoms with Gasteiger partial charge in [-0.25, -0.2) is 5.84 Å². The van der Waals surface area contributed by atoms with E-state index in [0.29, 0.717) is 24.2 Å². The maximum Gasteiger partial charge on any atom is 0.272 e. The molecule has 0 aliphatic carbocycles. The molecular formula is C13H17N3O5. The Bertz CT molecular complexity index is 549.